The smallest absolute Gasteiger partial charge is 3.00 e. The summed E-state index contributed by atoms with van der Waals surface area (Å²) in [6, 6.07) is 0. The fraction of sp³-hybridized carbons (Fsp3) is 0. The zero-order chi connectivity index (χ0) is 4.50. The van der Waals surface area contributed by atoms with Crippen LogP contribution in [0, 0.1) is 35.6 Å². The van der Waals surface area contributed by atoms with Gasteiger partial charge in [-0.05, 0) is 0 Å². The molecule has 0 bridgehead atoms. The molecule has 0 aliphatic rings. The maximum Gasteiger partial charge on any atom is 3.00 e. The molecule has 0 aromatic carbocycles. The molecule has 0 aromatic rings. The second kappa shape index (κ2) is 3.44. The maximum atomic E-state index is 8.61. The monoisotopic (exact) mass is 278 g/mol. The van der Waals surface area contributed by atoms with Gasteiger partial charge >= 0.3 is 66.1 Å². The van der Waals surface area contributed by atoms with Crippen LogP contribution in [-0.2, 0) is 3.74 Å². The quantitative estimate of drug-likeness (QED) is 0.422. The molecular weight excluding hydrogens is 278 g/mol. The van der Waals surface area contributed by atoms with Gasteiger partial charge in [-0.3, -0.25) is 0 Å². The van der Waals surface area contributed by atoms with Crippen molar-refractivity contribution in [3.63, 3.8) is 0 Å². The van der Waals surface area contributed by atoms with Gasteiger partial charge in [0.05, 0.1) is 0 Å². The Morgan fingerprint density at radius 2 is 1.17 bits per heavy atom. The number of hydrogen-bond donors (Lipinski definition) is 0. The van der Waals surface area contributed by atoms with E-state index >= 15 is 0 Å². The van der Waals surface area contributed by atoms with Crippen LogP contribution in [0.3, 0.4) is 0 Å². The molecule has 6 heteroatoms. The average molecular weight is 278 g/mol. The van der Waals surface area contributed by atoms with E-state index in [1.807, 2.05) is 0 Å². The van der Waals surface area contributed by atoms with Crippen LogP contribution in [0.25, 0.3) is 0 Å². The molecule has 0 saturated carbocycles. The Hall–Kier alpha value is 1.43. The summed E-state index contributed by atoms with van der Waals surface area (Å²) in [5.74, 6) is 0. The molecule has 0 aliphatic heterocycles. The van der Waals surface area contributed by atoms with Crippen LogP contribution in [0.1, 0.15) is 0 Å². The molecule has 0 atom stereocenters. The van der Waals surface area contributed by atoms with Gasteiger partial charge in [-0.25, -0.2) is 0 Å². The summed E-state index contributed by atoms with van der Waals surface area (Å²) >= 11 is -5.88. The molecule has 0 heterocycles. The first-order valence-corrected chi connectivity index (χ1v) is 3.79. The van der Waals surface area contributed by atoms with Gasteiger partial charge in [-0.1, -0.05) is 0 Å². The van der Waals surface area contributed by atoms with Crippen molar-refractivity contribution in [2.45, 2.75) is 0 Å². The Morgan fingerprint density at radius 1 is 1.17 bits per heavy atom. The van der Waals surface area contributed by atoms with E-state index in [-0.39, 0.29) is 35.6 Å². The van der Waals surface area contributed by atoms with Crippen molar-refractivity contribution in [1.29, 1.82) is 0 Å². The molecule has 0 radical (unpaired) electrons. The average Bonchev–Trinajstić information content (AvgIpc) is 0.722. The summed E-state index contributed by atoms with van der Waals surface area (Å²) in [6.45, 7) is 0. The van der Waals surface area contributed by atoms with Crippen LogP contribution < -0.4 is 12.3 Å². The van der Waals surface area contributed by atoms with Crippen molar-refractivity contribution >= 4 is 14.5 Å². The molecule has 0 rings (SSSR count). The van der Waals surface area contributed by atoms with E-state index < -0.39 is 14.5 Å². The molecule has 4 nitrogen and oxygen atoms in total. The minimum absolute atomic E-state index is 0. The second-order valence-electron chi connectivity index (χ2n) is 0.447. The van der Waals surface area contributed by atoms with Gasteiger partial charge in [0.25, 0.3) is 0 Å². The van der Waals surface area contributed by atoms with E-state index in [4.69, 9.17) is 16.0 Å². The third kappa shape index (κ3) is 52.0. The topological polar surface area (TPSA) is 86.2 Å². The second-order valence-corrected chi connectivity index (χ2v) is 2.32. The Labute approximate surface area is 65.5 Å². The first kappa shape index (κ1) is 10.4. The van der Waals surface area contributed by atoms with Gasteiger partial charge in [-0.2, -0.15) is 0 Å². The predicted molar refractivity (Wildman–Crippen MR) is 6.44 cm³/mol. The van der Waals surface area contributed by atoms with Gasteiger partial charge in [0.1, 0.15) is 0 Å². The Kier molecular flexibility index (Phi) is 5.97. The molecule has 0 fully saturated rings. The fourth-order valence-corrected chi connectivity index (χ4v) is 0. The van der Waals surface area contributed by atoms with Crippen molar-refractivity contribution in [2.24, 2.45) is 0 Å². The van der Waals surface area contributed by atoms with Gasteiger partial charge < -0.3 is 0 Å². The van der Waals surface area contributed by atoms with Crippen LogP contribution in [0.5, 0.6) is 0 Å². The Morgan fingerprint density at radius 3 is 1.17 bits per heavy atom. The van der Waals surface area contributed by atoms with E-state index in [2.05, 4.69) is 0 Å². The molecule has 0 spiro atoms. The van der Waals surface area contributed by atoms with Gasteiger partial charge in [0.2, 0.25) is 0 Å². The number of hydrogen-bond acceptors (Lipinski definition) is 4. The van der Waals surface area contributed by atoms with E-state index in [1.165, 1.54) is 0 Å². The van der Waals surface area contributed by atoms with Gasteiger partial charge in [-0.15, -0.1) is 0 Å². The molecule has 32 valence electrons. The normalized spacial score (nSPS) is 9.83. The van der Waals surface area contributed by atoms with Crippen LogP contribution >= 0.6 is 0 Å². The zero-order valence-electron chi connectivity index (χ0n) is 2.66. The molecule has 0 aliphatic carbocycles. The van der Waals surface area contributed by atoms with Crippen molar-refractivity contribution in [3.05, 3.63) is 0 Å². The molecule has 0 saturated heterocycles. The fourth-order valence-electron chi connectivity index (χ4n) is 0. The first-order chi connectivity index (χ1) is 2.00. The molecule has 0 N–H and O–H groups in total. The minimum Gasteiger partial charge on any atom is 3.00 e. The largest absolute Gasteiger partial charge is 3.00 e. The van der Waals surface area contributed by atoms with Gasteiger partial charge in [0.15, 0.2) is 0 Å². The van der Waals surface area contributed by atoms with Crippen molar-refractivity contribution in [3.8, 4) is 0 Å². The summed E-state index contributed by atoms with van der Waals surface area (Å²) in [7, 11) is 0. The molecule has 0 unspecified atom stereocenters. The molecular formula is AsLaO4. The van der Waals surface area contributed by atoms with Crippen LogP contribution in [0.4, 0.5) is 0 Å². The minimum atomic E-state index is -5.88. The van der Waals surface area contributed by atoms with E-state index in [9.17, 15) is 0 Å². The summed E-state index contributed by atoms with van der Waals surface area (Å²) in [5, 5.41) is 0. The van der Waals surface area contributed by atoms with E-state index in [0.29, 0.717) is 0 Å². The molecule has 0 amide bonds. The molecule has 0 aromatic heterocycles. The SMILES string of the molecule is O=[As]([O-])([O-])[O-].[La+3]. The summed E-state index contributed by atoms with van der Waals surface area (Å²) in [4.78, 5) is 0. The van der Waals surface area contributed by atoms with Crippen molar-refractivity contribution in [2.75, 3.05) is 0 Å². The summed E-state index contributed by atoms with van der Waals surface area (Å²) < 4.78 is 34.4. The van der Waals surface area contributed by atoms with Gasteiger partial charge in [0, 0.05) is 0 Å². The third-order valence-electron chi connectivity index (χ3n) is 0. The maximum absolute atomic E-state index is 8.61. The summed E-state index contributed by atoms with van der Waals surface area (Å²) in [5.41, 5.74) is 0. The van der Waals surface area contributed by atoms with Crippen LogP contribution in [0.2, 0.25) is 0 Å². The van der Waals surface area contributed by atoms with E-state index in [1.54, 1.807) is 0 Å². The van der Waals surface area contributed by atoms with Crippen molar-refractivity contribution < 1.29 is 51.6 Å². The zero-order valence-corrected chi connectivity index (χ0v) is 8.16. The number of rotatable bonds is 0. The van der Waals surface area contributed by atoms with Crippen LogP contribution in [0.15, 0.2) is 0 Å². The van der Waals surface area contributed by atoms with E-state index in [0.717, 1.165) is 0 Å². The Bertz CT molecular complexity index is 53.7. The van der Waals surface area contributed by atoms with Crippen LogP contribution in [-0.4, -0.2) is 14.5 Å². The third-order valence-corrected chi connectivity index (χ3v) is 0. The molecule has 6 heavy (non-hydrogen) atoms. The standard InChI is InChI=1S/AsH3O4.La/c2-1(3,4)5;/h(H3,2,3,4,5);/q;+3/p-3. The predicted octanol–water partition coefficient (Wildman–Crippen LogP) is -4.07. The summed E-state index contributed by atoms with van der Waals surface area (Å²) in [6.07, 6.45) is 0. The Balaban J connectivity index is 0. The van der Waals surface area contributed by atoms with Crippen molar-refractivity contribution in [1.82, 2.24) is 0 Å². The first-order valence-electron chi connectivity index (χ1n) is 0.730.